The highest BCUT2D eigenvalue weighted by molar-refractivity contribution is 9.10. The van der Waals surface area contributed by atoms with Gasteiger partial charge >= 0.3 is 0 Å². The average molecular weight is 309 g/mol. The predicted octanol–water partition coefficient (Wildman–Crippen LogP) is 3.05. The smallest absolute Gasteiger partial charge is 0.272 e. The van der Waals surface area contributed by atoms with Gasteiger partial charge in [0.15, 0.2) is 0 Å². The van der Waals surface area contributed by atoms with Gasteiger partial charge in [0.05, 0.1) is 0 Å². The van der Waals surface area contributed by atoms with Crippen LogP contribution in [0.1, 0.15) is 16.1 Å². The van der Waals surface area contributed by atoms with Crippen LogP contribution in [0.2, 0.25) is 0 Å². The summed E-state index contributed by atoms with van der Waals surface area (Å²) in [5.41, 5.74) is 1.95. The van der Waals surface area contributed by atoms with E-state index in [4.69, 9.17) is 0 Å². The molecule has 0 radical (unpaired) electrons. The van der Waals surface area contributed by atoms with Gasteiger partial charge in [0, 0.05) is 23.4 Å². The maximum atomic E-state index is 12.0. The quantitative estimate of drug-likeness (QED) is 0.838. The number of aromatic nitrogens is 1. The molecule has 1 heterocycles. The minimum atomic E-state index is -0.187. The van der Waals surface area contributed by atoms with Gasteiger partial charge in [0.1, 0.15) is 11.4 Å². The number of nitrogens with one attached hydrogen (secondary N) is 1. The number of rotatable bonds is 2. The van der Waals surface area contributed by atoms with Crippen LogP contribution in [0.25, 0.3) is 0 Å². The lowest BCUT2D eigenvalue weighted by Gasteiger charge is -2.07. The Kier molecular flexibility index (Phi) is 3.43. The Hall–Kier alpha value is -1.75. The molecule has 4 nitrogen and oxygen atoms in total. The summed E-state index contributed by atoms with van der Waals surface area (Å²) in [5.74, 6) is 0.0305. The van der Waals surface area contributed by atoms with Crippen molar-refractivity contribution in [1.82, 2.24) is 4.57 Å². The first-order valence-corrected chi connectivity index (χ1v) is 6.19. The lowest BCUT2D eigenvalue weighted by molar-refractivity contribution is 0.101. The Morgan fingerprint density at radius 3 is 2.67 bits per heavy atom. The van der Waals surface area contributed by atoms with Crippen LogP contribution in [-0.4, -0.2) is 15.6 Å². The molecular formula is C13H13BrN2O2. The summed E-state index contributed by atoms with van der Waals surface area (Å²) in [6.07, 6.45) is 1.82. The van der Waals surface area contributed by atoms with Gasteiger partial charge in [0.25, 0.3) is 5.91 Å². The number of hydrogen-bond acceptors (Lipinski definition) is 2. The number of carbonyl (C=O) groups excluding carboxylic acids is 1. The molecule has 1 aromatic heterocycles. The molecule has 18 heavy (non-hydrogen) atoms. The Morgan fingerprint density at radius 2 is 2.11 bits per heavy atom. The van der Waals surface area contributed by atoms with E-state index >= 15 is 0 Å². The summed E-state index contributed by atoms with van der Waals surface area (Å²) in [5, 5.41) is 12.2. The number of hydrogen-bond donors (Lipinski definition) is 2. The lowest BCUT2D eigenvalue weighted by atomic mass is 10.2. The van der Waals surface area contributed by atoms with E-state index in [0.717, 1.165) is 10.0 Å². The van der Waals surface area contributed by atoms with Gasteiger partial charge in [-0.2, -0.15) is 0 Å². The molecule has 0 aliphatic rings. The number of aryl methyl sites for hydroxylation is 2. The average Bonchev–Trinajstić information content (AvgIpc) is 2.63. The first-order valence-electron chi connectivity index (χ1n) is 5.40. The van der Waals surface area contributed by atoms with Crippen LogP contribution in [0, 0.1) is 6.92 Å². The number of benzene rings is 1. The maximum absolute atomic E-state index is 12.0. The number of amides is 1. The van der Waals surface area contributed by atoms with Crippen molar-refractivity contribution in [2.45, 2.75) is 6.92 Å². The Morgan fingerprint density at radius 1 is 1.39 bits per heavy atom. The fraction of sp³-hybridized carbons (Fsp3) is 0.154. The van der Waals surface area contributed by atoms with Crippen LogP contribution in [0.4, 0.5) is 5.69 Å². The summed E-state index contributed by atoms with van der Waals surface area (Å²) in [4.78, 5) is 12.0. The molecular weight excluding hydrogens is 296 g/mol. The van der Waals surface area contributed by atoms with Crippen LogP contribution in [0.3, 0.4) is 0 Å². The molecule has 0 atom stereocenters. The molecule has 1 amide bonds. The zero-order chi connectivity index (χ0) is 13.3. The number of phenolic OH excluding ortho intramolecular Hbond substituents is 1. The summed E-state index contributed by atoms with van der Waals surface area (Å²) in [7, 11) is 1.81. The van der Waals surface area contributed by atoms with Crippen LogP contribution in [0.15, 0.2) is 34.9 Å². The van der Waals surface area contributed by atoms with Gasteiger partial charge in [-0.25, -0.2) is 0 Å². The third-order valence-corrected chi connectivity index (χ3v) is 3.09. The third-order valence-electron chi connectivity index (χ3n) is 2.66. The van der Waals surface area contributed by atoms with Gasteiger partial charge in [-0.05, 0) is 52.7 Å². The fourth-order valence-corrected chi connectivity index (χ4v) is 2.20. The molecule has 2 N–H and O–H groups in total. The highest BCUT2D eigenvalue weighted by Crippen LogP contribution is 2.21. The van der Waals surface area contributed by atoms with Gasteiger partial charge < -0.3 is 15.0 Å². The van der Waals surface area contributed by atoms with Crippen molar-refractivity contribution in [2.75, 3.05) is 5.32 Å². The van der Waals surface area contributed by atoms with Crippen molar-refractivity contribution in [2.24, 2.45) is 7.05 Å². The van der Waals surface area contributed by atoms with Gasteiger partial charge in [0.2, 0.25) is 0 Å². The second-order valence-corrected chi connectivity index (χ2v) is 5.03. The van der Waals surface area contributed by atoms with E-state index in [1.165, 1.54) is 0 Å². The molecule has 0 spiro atoms. The van der Waals surface area contributed by atoms with E-state index in [1.807, 2.05) is 13.2 Å². The summed E-state index contributed by atoms with van der Waals surface area (Å²) < 4.78 is 2.60. The highest BCUT2D eigenvalue weighted by Gasteiger charge is 2.11. The van der Waals surface area contributed by atoms with Crippen molar-refractivity contribution in [3.05, 3.63) is 46.2 Å². The van der Waals surface area contributed by atoms with Crippen molar-refractivity contribution in [1.29, 1.82) is 0 Å². The Balaban J connectivity index is 2.21. The lowest BCUT2D eigenvalue weighted by Crippen LogP contribution is -2.15. The van der Waals surface area contributed by atoms with Gasteiger partial charge in [-0.3, -0.25) is 4.79 Å². The molecule has 0 bridgehead atoms. The van der Waals surface area contributed by atoms with E-state index in [9.17, 15) is 9.90 Å². The van der Waals surface area contributed by atoms with Gasteiger partial charge in [-0.1, -0.05) is 0 Å². The number of aromatic hydroxyl groups is 1. The number of phenols is 1. The van der Waals surface area contributed by atoms with Gasteiger partial charge in [-0.15, -0.1) is 0 Å². The van der Waals surface area contributed by atoms with E-state index in [0.29, 0.717) is 11.4 Å². The first kappa shape index (κ1) is 12.7. The van der Waals surface area contributed by atoms with Crippen molar-refractivity contribution < 1.29 is 9.90 Å². The summed E-state index contributed by atoms with van der Waals surface area (Å²) in [6.45, 7) is 1.78. The molecule has 5 heteroatoms. The zero-order valence-corrected chi connectivity index (χ0v) is 11.7. The highest BCUT2D eigenvalue weighted by atomic mass is 79.9. The SMILES string of the molecule is Cc1cc(NC(=O)c2cc(Br)cn2C)ccc1O. The molecule has 94 valence electrons. The number of anilines is 1. The van der Waals surface area contributed by atoms with Crippen LogP contribution in [0.5, 0.6) is 5.75 Å². The third kappa shape index (κ3) is 2.56. The van der Waals surface area contributed by atoms with E-state index < -0.39 is 0 Å². The predicted molar refractivity (Wildman–Crippen MR) is 73.9 cm³/mol. The van der Waals surface area contributed by atoms with Crippen molar-refractivity contribution >= 4 is 27.5 Å². The Bertz CT molecular complexity index is 605. The summed E-state index contributed by atoms with van der Waals surface area (Å²) >= 11 is 3.32. The molecule has 0 fully saturated rings. The second kappa shape index (κ2) is 4.86. The molecule has 1 aromatic carbocycles. The first-order chi connectivity index (χ1) is 8.47. The maximum Gasteiger partial charge on any atom is 0.272 e. The van der Waals surface area contributed by atoms with E-state index in [-0.39, 0.29) is 11.7 Å². The fourth-order valence-electron chi connectivity index (χ4n) is 1.68. The van der Waals surface area contributed by atoms with Crippen LogP contribution >= 0.6 is 15.9 Å². The minimum Gasteiger partial charge on any atom is -0.508 e. The normalized spacial score (nSPS) is 10.4. The Labute approximate surface area is 113 Å². The molecule has 2 rings (SSSR count). The number of nitrogens with zero attached hydrogens (tertiary/aromatic N) is 1. The minimum absolute atomic E-state index is 0.187. The van der Waals surface area contributed by atoms with E-state index in [1.54, 1.807) is 35.8 Å². The summed E-state index contributed by atoms with van der Waals surface area (Å²) in [6, 6.07) is 6.71. The molecule has 0 saturated heterocycles. The van der Waals surface area contributed by atoms with Crippen molar-refractivity contribution in [3.63, 3.8) is 0 Å². The standard InChI is InChI=1S/C13H13BrN2O2/c1-8-5-10(3-4-12(8)17)15-13(18)11-6-9(14)7-16(11)2/h3-7,17H,1-2H3,(H,15,18). The van der Waals surface area contributed by atoms with E-state index in [2.05, 4.69) is 21.2 Å². The molecule has 0 unspecified atom stereocenters. The van der Waals surface area contributed by atoms with Crippen molar-refractivity contribution in [3.8, 4) is 5.75 Å². The van der Waals surface area contributed by atoms with Crippen LogP contribution in [-0.2, 0) is 7.05 Å². The second-order valence-electron chi connectivity index (χ2n) is 4.11. The molecule has 0 saturated carbocycles. The largest absolute Gasteiger partial charge is 0.508 e. The zero-order valence-electron chi connectivity index (χ0n) is 10.1. The molecule has 0 aliphatic heterocycles. The monoisotopic (exact) mass is 308 g/mol. The number of carbonyl (C=O) groups is 1. The van der Waals surface area contributed by atoms with Crippen LogP contribution < -0.4 is 5.32 Å². The topological polar surface area (TPSA) is 54.3 Å². The number of halogens is 1. The molecule has 2 aromatic rings. The molecule has 0 aliphatic carbocycles.